The predicted octanol–water partition coefficient (Wildman–Crippen LogP) is 5.85. The lowest BCUT2D eigenvalue weighted by Gasteiger charge is -2.02. The molecule has 0 N–H and O–H groups in total. The molecular weight excluding hydrogens is 365 g/mol. The number of carbonyl (C=O) groups excluding carboxylic acids is 1. The first-order valence-corrected chi connectivity index (χ1v) is 8.52. The molecule has 0 bridgehead atoms. The lowest BCUT2D eigenvalue weighted by molar-refractivity contribution is -0.128. The number of hydrogen-bond donors (Lipinski definition) is 0. The third kappa shape index (κ3) is 5.62. The van der Waals surface area contributed by atoms with Gasteiger partial charge in [-0.25, -0.2) is 9.18 Å². The molecule has 0 aromatic heterocycles. The van der Waals surface area contributed by atoms with Crippen molar-refractivity contribution in [2.45, 2.75) is 0 Å². The Morgan fingerprint density at radius 1 is 0.963 bits per heavy atom. The Morgan fingerprint density at radius 3 is 2.37 bits per heavy atom. The van der Waals surface area contributed by atoms with Gasteiger partial charge in [0.2, 0.25) is 0 Å². The molecule has 3 rings (SSSR count). The molecule has 0 fully saturated rings. The van der Waals surface area contributed by atoms with E-state index < -0.39 is 5.97 Å². The zero-order valence-electron chi connectivity index (χ0n) is 14.2. The number of nitrogens with zero attached hydrogens (tertiary/aromatic N) is 1. The number of ether oxygens (including phenoxy) is 1. The van der Waals surface area contributed by atoms with E-state index in [9.17, 15) is 9.18 Å². The average Bonchev–Trinajstić information content (AvgIpc) is 2.68. The van der Waals surface area contributed by atoms with Gasteiger partial charge in [0.1, 0.15) is 11.6 Å². The van der Waals surface area contributed by atoms with E-state index in [0.29, 0.717) is 16.5 Å². The number of esters is 1. The molecule has 0 saturated heterocycles. The van der Waals surface area contributed by atoms with Crippen LogP contribution in [0.25, 0.3) is 6.08 Å². The maximum Gasteiger partial charge on any atom is 0.336 e. The van der Waals surface area contributed by atoms with Gasteiger partial charge in [0, 0.05) is 17.3 Å². The zero-order valence-corrected chi connectivity index (χ0v) is 14.9. The summed E-state index contributed by atoms with van der Waals surface area (Å²) in [5, 5.41) is 0.561. The molecule has 0 radical (unpaired) electrons. The molecule has 3 aromatic rings. The Hall–Kier alpha value is -3.24. The van der Waals surface area contributed by atoms with E-state index >= 15 is 0 Å². The maximum atomic E-state index is 12.9. The van der Waals surface area contributed by atoms with E-state index in [-0.39, 0.29) is 5.82 Å². The van der Waals surface area contributed by atoms with Gasteiger partial charge in [0.15, 0.2) is 0 Å². The minimum Gasteiger partial charge on any atom is -0.423 e. The van der Waals surface area contributed by atoms with Gasteiger partial charge in [0.05, 0.1) is 5.69 Å². The van der Waals surface area contributed by atoms with E-state index in [0.717, 1.165) is 11.1 Å². The molecule has 5 heteroatoms. The zero-order chi connectivity index (χ0) is 19.1. The molecule has 0 heterocycles. The third-order valence-electron chi connectivity index (χ3n) is 3.59. The number of benzene rings is 3. The van der Waals surface area contributed by atoms with Gasteiger partial charge in [0.25, 0.3) is 0 Å². The van der Waals surface area contributed by atoms with Gasteiger partial charge < -0.3 is 4.74 Å². The van der Waals surface area contributed by atoms with Crippen molar-refractivity contribution >= 4 is 35.5 Å². The Labute approximate surface area is 161 Å². The maximum absolute atomic E-state index is 12.9. The summed E-state index contributed by atoms with van der Waals surface area (Å²) in [7, 11) is 0. The van der Waals surface area contributed by atoms with Gasteiger partial charge in [-0.2, -0.15) is 0 Å². The molecule has 3 aromatic carbocycles. The summed E-state index contributed by atoms with van der Waals surface area (Å²) >= 11 is 6.03. The Bertz CT molecular complexity index is 980. The molecule has 0 unspecified atom stereocenters. The summed E-state index contributed by atoms with van der Waals surface area (Å²) in [5.74, 6) is -0.380. The first kappa shape index (κ1) is 18.5. The van der Waals surface area contributed by atoms with Crippen molar-refractivity contribution in [2.24, 2.45) is 4.99 Å². The molecule has 0 atom stereocenters. The van der Waals surface area contributed by atoms with Crippen LogP contribution in [0.1, 0.15) is 11.1 Å². The lowest BCUT2D eigenvalue weighted by Crippen LogP contribution is -2.03. The second kappa shape index (κ2) is 8.92. The highest BCUT2D eigenvalue weighted by atomic mass is 35.5. The molecular formula is C22H15ClFNO2. The fourth-order valence-electron chi connectivity index (χ4n) is 2.22. The van der Waals surface area contributed by atoms with Crippen LogP contribution in [-0.4, -0.2) is 12.2 Å². The highest BCUT2D eigenvalue weighted by Crippen LogP contribution is 2.17. The van der Waals surface area contributed by atoms with Gasteiger partial charge in [-0.1, -0.05) is 29.8 Å². The molecule has 27 heavy (non-hydrogen) atoms. The molecule has 3 nitrogen and oxygen atoms in total. The number of aliphatic imine (C=N–C) groups is 1. The molecule has 0 amide bonds. The van der Waals surface area contributed by atoms with E-state index in [4.69, 9.17) is 16.3 Å². The number of halogens is 2. The standard InChI is InChI=1S/C22H15ClFNO2/c23-21-4-2-1-3-17(21)7-14-22(26)27-20-12-5-16(6-13-20)15-25-19-10-8-18(24)9-11-19/h1-15H/b14-7+,25-15?. The van der Waals surface area contributed by atoms with Crippen LogP contribution in [0.5, 0.6) is 5.75 Å². The normalized spacial score (nSPS) is 11.2. The van der Waals surface area contributed by atoms with Crippen LogP contribution >= 0.6 is 11.6 Å². The van der Waals surface area contributed by atoms with Crippen molar-refractivity contribution in [1.82, 2.24) is 0 Å². The SMILES string of the molecule is O=C(/C=C/c1ccccc1Cl)Oc1ccc(C=Nc2ccc(F)cc2)cc1. The van der Waals surface area contributed by atoms with Crippen molar-refractivity contribution in [3.8, 4) is 5.75 Å². The van der Waals surface area contributed by atoms with Crippen molar-refractivity contribution in [1.29, 1.82) is 0 Å². The van der Waals surface area contributed by atoms with Crippen molar-refractivity contribution in [2.75, 3.05) is 0 Å². The van der Waals surface area contributed by atoms with Crippen molar-refractivity contribution < 1.29 is 13.9 Å². The van der Waals surface area contributed by atoms with Gasteiger partial charge >= 0.3 is 5.97 Å². The highest BCUT2D eigenvalue weighted by Gasteiger charge is 2.01. The highest BCUT2D eigenvalue weighted by molar-refractivity contribution is 6.32. The molecule has 0 aliphatic heterocycles. The summed E-state index contributed by atoms with van der Waals surface area (Å²) < 4.78 is 18.1. The van der Waals surface area contributed by atoms with Crippen LogP contribution in [0, 0.1) is 5.82 Å². The van der Waals surface area contributed by atoms with Crippen molar-refractivity contribution in [3.05, 3.63) is 101 Å². The topological polar surface area (TPSA) is 38.7 Å². The summed E-state index contributed by atoms with van der Waals surface area (Å²) in [6, 6.07) is 20.0. The smallest absolute Gasteiger partial charge is 0.336 e. The van der Waals surface area contributed by atoms with Crippen LogP contribution in [-0.2, 0) is 4.79 Å². The lowest BCUT2D eigenvalue weighted by atomic mass is 10.2. The largest absolute Gasteiger partial charge is 0.423 e. The van der Waals surface area contributed by atoms with E-state index in [1.54, 1.807) is 60.8 Å². The van der Waals surface area contributed by atoms with Gasteiger partial charge in [-0.05, 0) is 71.8 Å². The number of rotatable bonds is 5. The summed E-state index contributed by atoms with van der Waals surface area (Å²) in [5.41, 5.74) is 2.21. The summed E-state index contributed by atoms with van der Waals surface area (Å²) in [6.07, 6.45) is 4.58. The molecule has 0 aliphatic rings. The van der Waals surface area contributed by atoms with Crippen LogP contribution in [0.3, 0.4) is 0 Å². The van der Waals surface area contributed by atoms with Crippen LogP contribution in [0.4, 0.5) is 10.1 Å². The second-order valence-electron chi connectivity index (χ2n) is 5.58. The van der Waals surface area contributed by atoms with E-state index in [2.05, 4.69) is 4.99 Å². The van der Waals surface area contributed by atoms with Gasteiger partial charge in [-0.3, -0.25) is 4.99 Å². The number of hydrogen-bond acceptors (Lipinski definition) is 3. The first-order valence-electron chi connectivity index (χ1n) is 8.14. The van der Waals surface area contributed by atoms with Crippen LogP contribution < -0.4 is 4.74 Å². The summed E-state index contributed by atoms with van der Waals surface area (Å²) in [6.45, 7) is 0. The first-order chi connectivity index (χ1) is 13.1. The summed E-state index contributed by atoms with van der Waals surface area (Å²) in [4.78, 5) is 16.2. The third-order valence-corrected chi connectivity index (χ3v) is 3.94. The van der Waals surface area contributed by atoms with Crippen LogP contribution in [0.2, 0.25) is 5.02 Å². The van der Waals surface area contributed by atoms with Crippen LogP contribution in [0.15, 0.2) is 83.9 Å². The fourth-order valence-corrected chi connectivity index (χ4v) is 2.42. The van der Waals surface area contributed by atoms with Gasteiger partial charge in [-0.15, -0.1) is 0 Å². The molecule has 0 saturated carbocycles. The minimum atomic E-state index is -0.498. The Morgan fingerprint density at radius 2 is 1.67 bits per heavy atom. The van der Waals surface area contributed by atoms with E-state index in [1.807, 2.05) is 12.1 Å². The average molecular weight is 380 g/mol. The molecule has 134 valence electrons. The predicted molar refractivity (Wildman–Crippen MR) is 106 cm³/mol. The van der Waals surface area contributed by atoms with Crippen molar-refractivity contribution in [3.63, 3.8) is 0 Å². The molecule has 0 spiro atoms. The quantitative estimate of drug-likeness (QED) is 0.241. The monoisotopic (exact) mass is 379 g/mol. The second-order valence-corrected chi connectivity index (χ2v) is 5.99. The Kier molecular flexibility index (Phi) is 6.13. The minimum absolute atomic E-state index is 0.302. The van der Waals surface area contributed by atoms with E-state index in [1.165, 1.54) is 18.2 Å². The number of carbonyl (C=O) groups is 1. The fraction of sp³-hybridized carbons (Fsp3) is 0. The molecule has 0 aliphatic carbocycles. The Balaban J connectivity index is 1.59.